The summed E-state index contributed by atoms with van der Waals surface area (Å²) in [6, 6.07) is 7.23. The fraction of sp³-hybridized carbons (Fsp3) is 0.417. The second-order valence-electron chi connectivity index (χ2n) is 4.21. The van der Waals surface area contributed by atoms with E-state index < -0.39 is 10.0 Å². The Morgan fingerprint density at radius 1 is 1.53 bits per heavy atom. The molecule has 0 aliphatic carbocycles. The third kappa shape index (κ3) is 3.08. The number of hydrogen-bond donors (Lipinski definition) is 0. The Morgan fingerprint density at radius 2 is 2.21 bits per heavy atom. The van der Waals surface area contributed by atoms with Gasteiger partial charge in [0.15, 0.2) is 0 Å². The van der Waals surface area contributed by atoms with Crippen LogP contribution in [0.2, 0.25) is 0 Å². The Labute approximate surface area is 121 Å². The lowest BCUT2D eigenvalue weighted by Gasteiger charge is -2.37. The van der Waals surface area contributed by atoms with E-state index in [1.54, 1.807) is 25.1 Å². The molecule has 0 aromatic heterocycles. The molecule has 0 bridgehead atoms. The molecule has 1 saturated heterocycles. The summed E-state index contributed by atoms with van der Waals surface area (Å²) < 4.78 is 31.0. The van der Waals surface area contributed by atoms with Crippen LogP contribution in [0, 0.1) is 11.3 Å². The summed E-state index contributed by atoms with van der Waals surface area (Å²) in [4.78, 5) is 0. The quantitative estimate of drug-likeness (QED) is 0.833. The Hall–Kier alpha value is -1.10. The second-order valence-corrected chi connectivity index (χ2v) is 7.38. The number of ether oxygens (including phenoxy) is 1. The number of rotatable bonds is 4. The number of halogens is 1. The largest absolute Gasteiger partial charge is 0.486 e. The van der Waals surface area contributed by atoms with Gasteiger partial charge in [0.1, 0.15) is 17.9 Å². The van der Waals surface area contributed by atoms with Gasteiger partial charge in [-0.2, -0.15) is 9.57 Å². The summed E-state index contributed by atoms with van der Waals surface area (Å²) in [6.07, 6.45) is -0.186. The molecule has 0 saturated carbocycles. The first-order valence-electron chi connectivity index (χ1n) is 5.80. The van der Waals surface area contributed by atoms with E-state index in [4.69, 9.17) is 10.00 Å². The van der Waals surface area contributed by atoms with Crippen LogP contribution in [0.15, 0.2) is 22.7 Å². The number of nitriles is 1. The zero-order valence-corrected chi connectivity index (χ0v) is 12.7. The van der Waals surface area contributed by atoms with Crippen LogP contribution in [0.25, 0.3) is 0 Å². The molecular formula is C12H13BrN2O3S. The summed E-state index contributed by atoms with van der Waals surface area (Å²) in [5, 5.41) is 9.01. The van der Waals surface area contributed by atoms with Crippen molar-refractivity contribution in [3.63, 3.8) is 0 Å². The predicted octanol–water partition coefficient (Wildman–Crippen LogP) is 1.73. The van der Waals surface area contributed by atoms with Gasteiger partial charge in [0.2, 0.25) is 10.0 Å². The Morgan fingerprint density at radius 3 is 2.79 bits per heavy atom. The van der Waals surface area contributed by atoms with Crippen LogP contribution in [0.5, 0.6) is 5.75 Å². The zero-order valence-electron chi connectivity index (χ0n) is 10.3. The van der Waals surface area contributed by atoms with E-state index >= 15 is 0 Å². The lowest BCUT2D eigenvalue weighted by molar-refractivity contribution is 0.0760. The van der Waals surface area contributed by atoms with E-state index in [2.05, 4.69) is 22.0 Å². The molecule has 2 rings (SSSR count). The molecule has 1 aliphatic rings. The summed E-state index contributed by atoms with van der Waals surface area (Å²) in [6.45, 7) is 2.31. The van der Waals surface area contributed by atoms with Gasteiger partial charge in [0.25, 0.3) is 0 Å². The third-order valence-electron chi connectivity index (χ3n) is 2.93. The highest BCUT2D eigenvalue weighted by molar-refractivity contribution is 9.10. The van der Waals surface area contributed by atoms with Crippen LogP contribution in [-0.2, 0) is 10.0 Å². The van der Waals surface area contributed by atoms with Gasteiger partial charge >= 0.3 is 0 Å². The highest BCUT2D eigenvalue weighted by Gasteiger charge is 2.36. The molecule has 0 unspecified atom stereocenters. The minimum absolute atomic E-state index is 0.0987. The lowest BCUT2D eigenvalue weighted by atomic mass is 10.2. The minimum atomic E-state index is -3.13. The molecule has 0 spiro atoms. The van der Waals surface area contributed by atoms with Gasteiger partial charge in [-0.25, -0.2) is 8.42 Å². The van der Waals surface area contributed by atoms with Crippen molar-refractivity contribution in [3.05, 3.63) is 28.2 Å². The van der Waals surface area contributed by atoms with E-state index in [0.717, 1.165) is 4.47 Å². The molecule has 1 fully saturated rings. The zero-order chi connectivity index (χ0) is 14.0. The van der Waals surface area contributed by atoms with E-state index in [1.807, 2.05) is 0 Å². The number of benzene rings is 1. The fourth-order valence-electron chi connectivity index (χ4n) is 1.76. The smallest absolute Gasteiger partial charge is 0.214 e. The molecule has 1 aliphatic heterocycles. The summed E-state index contributed by atoms with van der Waals surface area (Å²) in [7, 11) is -3.13. The first-order valence-corrected chi connectivity index (χ1v) is 8.20. The highest BCUT2D eigenvalue weighted by atomic mass is 79.9. The van der Waals surface area contributed by atoms with Crippen molar-refractivity contribution in [2.75, 3.05) is 18.8 Å². The average Bonchev–Trinajstić information content (AvgIpc) is 2.34. The number of hydrogen-bond acceptors (Lipinski definition) is 4. The maximum Gasteiger partial charge on any atom is 0.214 e. The third-order valence-corrected chi connectivity index (χ3v) is 5.24. The van der Waals surface area contributed by atoms with Crippen molar-refractivity contribution < 1.29 is 13.2 Å². The standard InChI is InChI=1S/C12H13BrN2O3S/c1-2-19(16,17)15-7-11(8-15)18-12-4-3-10(13)5-9(12)6-14/h3-5,11H,2,7-8H2,1H3. The van der Waals surface area contributed by atoms with E-state index in [9.17, 15) is 8.42 Å². The summed E-state index contributed by atoms with van der Waals surface area (Å²) >= 11 is 3.29. The van der Waals surface area contributed by atoms with Gasteiger partial charge < -0.3 is 4.74 Å². The molecule has 19 heavy (non-hydrogen) atoms. The molecule has 1 heterocycles. The summed E-state index contributed by atoms with van der Waals surface area (Å²) in [5.41, 5.74) is 0.436. The van der Waals surface area contributed by atoms with Crippen LogP contribution in [0.3, 0.4) is 0 Å². The van der Waals surface area contributed by atoms with Gasteiger partial charge in [0, 0.05) is 4.47 Å². The van der Waals surface area contributed by atoms with Gasteiger partial charge in [-0.15, -0.1) is 0 Å². The first-order chi connectivity index (χ1) is 8.96. The molecule has 1 aromatic carbocycles. The van der Waals surface area contributed by atoms with E-state index in [1.165, 1.54) is 4.31 Å². The summed E-state index contributed by atoms with van der Waals surface area (Å²) in [5.74, 6) is 0.589. The van der Waals surface area contributed by atoms with Crippen molar-refractivity contribution in [1.29, 1.82) is 5.26 Å². The average molecular weight is 345 g/mol. The molecule has 0 radical (unpaired) electrons. The van der Waals surface area contributed by atoms with Gasteiger partial charge in [-0.05, 0) is 25.1 Å². The van der Waals surface area contributed by atoms with Gasteiger partial charge in [0.05, 0.1) is 24.4 Å². The van der Waals surface area contributed by atoms with Gasteiger partial charge in [-0.1, -0.05) is 15.9 Å². The normalized spacial score (nSPS) is 16.7. The molecule has 7 heteroatoms. The lowest BCUT2D eigenvalue weighted by Crippen LogP contribution is -2.56. The van der Waals surface area contributed by atoms with Crippen molar-refractivity contribution in [2.45, 2.75) is 13.0 Å². The van der Waals surface area contributed by atoms with Crippen LogP contribution in [0.1, 0.15) is 12.5 Å². The maximum atomic E-state index is 11.6. The van der Waals surface area contributed by atoms with E-state index in [-0.39, 0.29) is 11.9 Å². The molecule has 0 amide bonds. The topological polar surface area (TPSA) is 70.4 Å². The Kier molecular flexibility index (Phi) is 4.13. The minimum Gasteiger partial charge on any atom is -0.486 e. The molecule has 1 aromatic rings. The van der Waals surface area contributed by atoms with Crippen LogP contribution in [0.4, 0.5) is 0 Å². The highest BCUT2D eigenvalue weighted by Crippen LogP contribution is 2.26. The number of sulfonamides is 1. The monoisotopic (exact) mass is 344 g/mol. The first kappa shape index (κ1) is 14.3. The molecule has 102 valence electrons. The molecular weight excluding hydrogens is 332 g/mol. The second kappa shape index (κ2) is 5.49. The Bertz CT molecular complexity index is 618. The van der Waals surface area contributed by atoms with Crippen molar-refractivity contribution in [2.24, 2.45) is 0 Å². The van der Waals surface area contributed by atoms with Crippen molar-refractivity contribution in [3.8, 4) is 11.8 Å². The van der Waals surface area contributed by atoms with Crippen LogP contribution < -0.4 is 4.74 Å². The van der Waals surface area contributed by atoms with Gasteiger partial charge in [-0.3, -0.25) is 0 Å². The van der Waals surface area contributed by atoms with Crippen molar-refractivity contribution >= 4 is 26.0 Å². The molecule has 5 nitrogen and oxygen atoms in total. The fourth-order valence-corrected chi connectivity index (χ4v) is 3.27. The van der Waals surface area contributed by atoms with E-state index in [0.29, 0.717) is 24.4 Å². The predicted molar refractivity (Wildman–Crippen MR) is 74.3 cm³/mol. The SMILES string of the molecule is CCS(=O)(=O)N1CC(Oc2ccc(Br)cc2C#N)C1. The number of nitrogens with zero attached hydrogens (tertiary/aromatic N) is 2. The van der Waals surface area contributed by atoms with Crippen LogP contribution >= 0.6 is 15.9 Å². The maximum absolute atomic E-state index is 11.6. The molecule has 0 atom stereocenters. The van der Waals surface area contributed by atoms with Crippen molar-refractivity contribution in [1.82, 2.24) is 4.31 Å². The molecule has 0 N–H and O–H groups in total. The Balaban J connectivity index is 2.01. The van der Waals surface area contributed by atoms with Crippen LogP contribution in [-0.4, -0.2) is 37.7 Å².